The molecule has 208 valence electrons. The van der Waals surface area contributed by atoms with E-state index < -0.39 is 0 Å². The highest BCUT2D eigenvalue weighted by atomic mass is 16.6. The zero-order valence-electron chi connectivity index (χ0n) is 22.8. The van der Waals surface area contributed by atoms with E-state index in [1.807, 2.05) is 72.8 Å². The molecule has 2 aliphatic rings. The minimum atomic E-state index is 0.225. The number of fused-ring (bicyclic) bond motifs is 3. The van der Waals surface area contributed by atoms with Crippen LogP contribution in [0, 0.1) is 0 Å². The van der Waals surface area contributed by atoms with E-state index in [1.165, 1.54) is 0 Å². The molecule has 0 N–H and O–H groups in total. The largest absolute Gasteiger partial charge is 0.491 e. The summed E-state index contributed by atoms with van der Waals surface area (Å²) in [5.41, 5.74) is 0. The average molecular weight is 557 g/mol. The molecule has 2 atom stereocenters. The Labute approximate surface area is 242 Å². The van der Waals surface area contributed by atoms with Crippen molar-refractivity contribution < 1.29 is 28.4 Å². The second kappa shape index (κ2) is 10.6. The molecule has 6 heteroatoms. The lowest BCUT2D eigenvalue weighted by Crippen LogP contribution is -2.03. The Balaban J connectivity index is 0.999. The summed E-state index contributed by atoms with van der Waals surface area (Å²) in [7, 11) is 0. The smallest absolute Gasteiger partial charge is 0.128 e. The molecule has 2 saturated heterocycles. The van der Waals surface area contributed by atoms with Crippen molar-refractivity contribution in [3.8, 4) is 34.5 Å². The molecule has 0 aromatic heterocycles. The summed E-state index contributed by atoms with van der Waals surface area (Å²) in [6, 6.07) is 36.5. The lowest BCUT2D eigenvalue weighted by atomic mass is 10.1. The maximum Gasteiger partial charge on any atom is 0.128 e. The van der Waals surface area contributed by atoms with Gasteiger partial charge in [-0.3, -0.25) is 0 Å². The number of ether oxygens (including phenoxy) is 6. The van der Waals surface area contributed by atoms with Gasteiger partial charge in [-0.25, -0.2) is 0 Å². The van der Waals surface area contributed by atoms with Crippen molar-refractivity contribution in [1.29, 1.82) is 0 Å². The van der Waals surface area contributed by atoms with Crippen LogP contribution >= 0.6 is 0 Å². The van der Waals surface area contributed by atoms with Crippen LogP contribution in [-0.2, 0) is 9.47 Å². The molecule has 0 saturated carbocycles. The Morgan fingerprint density at radius 1 is 0.405 bits per heavy atom. The van der Waals surface area contributed by atoms with Crippen LogP contribution in [0.1, 0.15) is 0 Å². The van der Waals surface area contributed by atoms with E-state index in [4.69, 9.17) is 28.4 Å². The maximum atomic E-state index is 6.28. The van der Waals surface area contributed by atoms with Gasteiger partial charge in [0, 0.05) is 0 Å². The Morgan fingerprint density at radius 2 is 0.690 bits per heavy atom. The van der Waals surface area contributed by atoms with Gasteiger partial charge in [-0.1, -0.05) is 36.4 Å². The highest BCUT2D eigenvalue weighted by molar-refractivity contribution is 5.87. The van der Waals surface area contributed by atoms with Crippen molar-refractivity contribution in [3.05, 3.63) is 109 Å². The molecule has 6 nitrogen and oxygen atoms in total. The van der Waals surface area contributed by atoms with E-state index >= 15 is 0 Å². The highest BCUT2D eigenvalue weighted by Crippen LogP contribution is 2.33. The molecular weight excluding hydrogens is 528 g/mol. The molecule has 0 amide bonds. The van der Waals surface area contributed by atoms with Crippen molar-refractivity contribution in [2.75, 3.05) is 26.4 Å². The Kier molecular flexibility index (Phi) is 6.28. The summed E-state index contributed by atoms with van der Waals surface area (Å²) in [6.45, 7) is 2.72. The van der Waals surface area contributed by atoms with Gasteiger partial charge in [-0.05, 0) is 105 Å². The number of hydrogen-bond donors (Lipinski definition) is 0. The molecule has 2 aliphatic heterocycles. The first-order valence-electron chi connectivity index (χ1n) is 14.2. The van der Waals surface area contributed by atoms with Crippen LogP contribution in [0.2, 0.25) is 0 Å². The van der Waals surface area contributed by atoms with E-state index in [1.54, 1.807) is 0 Å². The summed E-state index contributed by atoms with van der Waals surface area (Å²) >= 11 is 0. The summed E-state index contributed by atoms with van der Waals surface area (Å²) in [6.07, 6.45) is 0.449. The van der Waals surface area contributed by atoms with E-state index in [0.29, 0.717) is 13.2 Å². The van der Waals surface area contributed by atoms with Gasteiger partial charge in [0.1, 0.15) is 59.9 Å². The van der Waals surface area contributed by atoms with E-state index in [9.17, 15) is 0 Å². The molecule has 2 heterocycles. The third kappa shape index (κ3) is 5.68. The van der Waals surface area contributed by atoms with Crippen LogP contribution in [0.3, 0.4) is 0 Å². The Morgan fingerprint density at radius 3 is 1.00 bits per heavy atom. The summed E-state index contributed by atoms with van der Waals surface area (Å²) in [5, 5.41) is 6.51. The molecule has 8 rings (SSSR count). The predicted octanol–water partition coefficient (Wildman–Crippen LogP) is 8.29. The molecule has 6 aromatic rings. The monoisotopic (exact) mass is 556 g/mol. The van der Waals surface area contributed by atoms with E-state index in [-0.39, 0.29) is 12.2 Å². The first-order valence-corrected chi connectivity index (χ1v) is 14.2. The maximum absolute atomic E-state index is 6.28. The first-order chi connectivity index (χ1) is 20.7. The predicted molar refractivity (Wildman–Crippen MR) is 162 cm³/mol. The van der Waals surface area contributed by atoms with Gasteiger partial charge in [0.25, 0.3) is 0 Å². The molecule has 0 bridgehead atoms. The lowest BCUT2D eigenvalue weighted by Gasteiger charge is -2.11. The third-order valence-electron chi connectivity index (χ3n) is 7.50. The fourth-order valence-corrected chi connectivity index (χ4v) is 5.02. The summed E-state index contributed by atoms with van der Waals surface area (Å²) in [5.74, 6) is 4.70. The highest BCUT2D eigenvalue weighted by Gasteiger charge is 2.23. The zero-order valence-corrected chi connectivity index (χ0v) is 22.8. The van der Waals surface area contributed by atoms with Gasteiger partial charge in [-0.2, -0.15) is 0 Å². The molecule has 0 radical (unpaired) electrons. The molecular formula is C36H28O6. The topological polar surface area (TPSA) is 62.0 Å². The standard InChI is InChI=1S/C36H28O6/c1-7-29(37-19-35-21-39-35)13-26-15-31(9-3-23(1)26)41-33-11-5-25-6-12-34(18-28(25)17-33)42-32-10-4-24-2-8-30(14-27(24)16-32)38-20-36-22-40-36/h1-18,35-36H,19-22H2. The fourth-order valence-electron chi connectivity index (χ4n) is 5.02. The van der Waals surface area contributed by atoms with Gasteiger partial charge in [0.15, 0.2) is 0 Å². The second-order valence-corrected chi connectivity index (χ2v) is 10.7. The molecule has 0 aliphatic carbocycles. The van der Waals surface area contributed by atoms with E-state index in [2.05, 4.69) is 36.4 Å². The van der Waals surface area contributed by atoms with Gasteiger partial charge < -0.3 is 28.4 Å². The Hall–Kier alpha value is -4.78. The summed E-state index contributed by atoms with van der Waals surface area (Å²) < 4.78 is 34.8. The minimum absolute atomic E-state index is 0.225. The number of benzene rings is 6. The lowest BCUT2D eigenvalue weighted by molar-refractivity contribution is 0.263. The van der Waals surface area contributed by atoms with Gasteiger partial charge in [-0.15, -0.1) is 0 Å². The quantitative estimate of drug-likeness (QED) is 0.158. The Bertz CT molecular complexity index is 1790. The van der Waals surface area contributed by atoms with Gasteiger partial charge in [0.2, 0.25) is 0 Å². The summed E-state index contributed by atoms with van der Waals surface area (Å²) in [4.78, 5) is 0. The van der Waals surface area contributed by atoms with Crippen LogP contribution in [0.5, 0.6) is 34.5 Å². The van der Waals surface area contributed by atoms with E-state index in [0.717, 1.165) is 80.0 Å². The second-order valence-electron chi connectivity index (χ2n) is 10.7. The van der Waals surface area contributed by atoms with Crippen molar-refractivity contribution in [2.24, 2.45) is 0 Å². The molecule has 2 fully saturated rings. The fraction of sp³-hybridized carbons (Fsp3) is 0.167. The van der Waals surface area contributed by atoms with Gasteiger partial charge >= 0.3 is 0 Å². The van der Waals surface area contributed by atoms with Crippen LogP contribution in [0.15, 0.2) is 109 Å². The first kappa shape index (κ1) is 25.0. The number of epoxide rings is 2. The van der Waals surface area contributed by atoms with Crippen LogP contribution in [0.25, 0.3) is 32.3 Å². The van der Waals surface area contributed by atoms with Crippen LogP contribution in [0.4, 0.5) is 0 Å². The van der Waals surface area contributed by atoms with Crippen molar-refractivity contribution in [2.45, 2.75) is 12.2 Å². The normalized spacial score (nSPS) is 17.3. The molecule has 6 aromatic carbocycles. The molecule has 0 spiro atoms. The molecule has 2 unspecified atom stereocenters. The van der Waals surface area contributed by atoms with Crippen LogP contribution < -0.4 is 18.9 Å². The minimum Gasteiger partial charge on any atom is -0.491 e. The molecule has 42 heavy (non-hydrogen) atoms. The number of hydrogen-bond acceptors (Lipinski definition) is 6. The average Bonchev–Trinajstić information content (AvgIpc) is 3.94. The third-order valence-corrected chi connectivity index (χ3v) is 7.50. The van der Waals surface area contributed by atoms with Crippen molar-refractivity contribution >= 4 is 32.3 Å². The SMILES string of the molecule is c1cc2ccc(Oc3ccc4ccc(Oc5ccc6ccc(OCC7CO7)cc6c5)cc4c3)cc2cc1OCC1CO1. The van der Waals surface area contributed by atoms with Crippen LogP contribution in [-0.4, -0.2) is 38.6 Å². The zero-order chi connectivity index (χ0) is 27.9. The van der Waals surface area contributed by atoms with Crippen molar-refractivity contribution in [3.63, 3.8) is 0 Å². The van der Waals surface area contributed by atoms with Gasteiger partial charge in [0.05, 0.1) is 13.2 Å². The number of rotatable bonds is 10. The van der Waals surface area contributed by atoms with Crippen molar-refractivity contribution in [1.82, 2.24) is 0 Å².